The molecule has 4 nitrogen and oxygen atoms in total. The first-order valence-electron chi connectivity index (χ1n) is 8.95. The summed E-state index contributed by atoms with van der Waals surface area (Å²) in [6, 6.07) is 13.2. The van der Waals surface area contributed by atoms with Crippen LogP contribution in [0.25, 0.3) is 11.3 Å². The van der Waals surface area contributed by atoms with Crippen molar-refractivity contribution in [2.75, 3.05) is 13.1 Å². The highest BCUT2D eigenvalue weighted by Gasteiger charge is 2.41. The normalized spacial score (nSPS) is 18.4. The lowest BCUT2D eigenvalue weighted by Gasteiger charge is -2.23. The van der Waals surface area contributed by atoms with E-state index in [1.165, 1.54) is 25.7 Å². The van der Waals surface area contributed by atoms with Crippen molar-refractivity contribution >= 4 is 5.91 Å². The molecule has 1 amide bonds. The molecule has 0 N–H and O–H groups in total. The molecular formula is C21H21N3O. The van der Waals surface area contributed by atoms with E-state index >= 15 is 0 Å². The van der Waals surface area contributed by atoms with Gasteiger partial charge in [-0.2, -0.15) is 5.26 Å². The second-order valence-electron chi connectivity index (χ2n) is 7.31. The summed E-state index contributed by atoms with van der Waals surface area (Å²) in [7, 11) is 0. The van der Waals surface area contributed by atoms with Gasteiger partial charge in [0.25, 0.3) is 5.91 Å². The Kier molecular flexibility index (Phi) is 4.01. The quantitative estimate of drug-likeness (QED) is 0.835. The van der Waals surface area contributed by atoms with Crippen molar-refractivity contribution < 1.29 is 4.79 Å². The van der Waals surface area contributed by atoms with Gasteiger partial charge < -0.3 is 4.90 Å². The Morgan fingerprint density at radius 3 is 2.80 bits per heavy atom. The Morgan fingerprint density at radius 2 is 2.00 bits per heavy atom. The molecule has 2 aromatic rings. The summed E-state index contributed by atoms with van der Waals surface area (Å²) in [5, 5.41) is 9.06. The number of nitrogens with zero attached hydrogens (tertiary/aromatic N) is 3. The van der Waals surface area contributed by atoms with Crippen molar-refractivity contribution in [2.24, 2.45) is 5.41 Å². The summed E-state index contributed by atoms with van der Waals surface area (Å²) < 4.78 is 0. The van der Waals surface area contributed by atoms with Gasteiger partial charge in [0, 0.05) is 30.4 Å². The Hall–Kier alpha value is -2.67. The van der Waals surface area contributed by atoms with Crippen LogP contribution < -0.4 is 0 Å². The van der Waals surface area contributed by atoms with Crippen LogP contribution in [0.2, 0.25) is 0 Å². The number of hydrogen-bond acceptors (Lipinski definition) is 3. The lowest BCUT2D eigenvalue weighted by molar-refractivity contribution is 0.0773. The molecule has 0 atom stereocenters. The van der Waals surface area contributed by atoms with Crippen molar-refractivity contribution in [2.45, 2.75) is 32.1 Å². The zero-order valence-electron chi connectivity index (χ0n) is 14.2. The molecule has 2 heterocycles. The van der Waals surface area contributed by atoms with Gasteiger partial charge >= 0.3 is 0 Å². The highest BCUT2D eigenvalue weighted by Crippen LogP contribution is 2.45. The van der Waals surface area contributed by atoms with E-state index < -0.39 is 0 Å². The fourth-order valence-electron chi connectivity index (χ4n) is 4.29. The summed E-state index contributed by atoms with van der Waals surface area (Å²) in [5.41, 5.74) is 3.26. The summed E-state index contributed by atoms with van der Waals surface area (Å²) in [6.45, 7) is 1.77. The molecule has 2 fully saturated rings. The third kappa shape index (κ3) is 3.02. The monoisotopic (exact) mass is 331 g/mol. The number of hydrogen-bond donors (Lipinski definition) is 0. The molecule has 1 aromatic carbocycles. The van der Waals surface area contributed by atoms with E-state index in [-0.39, 0.29) is 5.91 Å². The van der Waals surface area contributed by atoms with Crippen molar-refractivity contribution in [3.8, 4) is 17.3 Å². The number of likely N-dealkylation sites (tertiary alicyclic amines) is 1. The Balaban J connectivity index is 1.57. The van der Waals surface area contributed by atoms with Gasteiger partial charge in [-0.1, -0.05) is 25.0 Å². The van der Waals surface area contributed by atoms with Crippen molar-refractivity contribution in [3.63, 3.8) is 0 Å². The molecule has 25 heavy (non-hydrogen) atoms. The Labute approximate surface area is 148 Å². The zero-order valence-corrected chi connectivity index (χ0v) is 14.2. The summed E-state index contributed by atoms with van der Waals surface area (Å²) in [5.74, 6) is 0.113. The van der Waals surface area contributed by atoms with Crippen LogP contribution in [0.1, 0.15) is 48.0 Å². The molecule has 0 bridgehead atoms. The van der Waals surface area contributed by atoms with Crippen LogP contribution in [0.15, 0.2) is 42.6 Å². The maximum Gasteiger partial charge on any atom is 0.253 e. The van der Waals surface area contributed by atoms with Gasteiger partial charge in [-0.15, -0.1) is 0 Å². The zero-order chi connectivity index (χ0) is 17.3. The van der Waals surface area contributed by atoms with Crippen molar-refractivity contribution in [1.82, 2.24) is 9.88 Å². The first kappa shape index (κ1) is 15.8. The van der Waals surface area contributed by atoms with Gasteiger partial charge in [-0.05, 0) is 48.9 Å². The number of pyridine rings is 1. The minimum Gasteiger partial charge on any atom is -0.338 e. The molecule has 4 heteroatoms. The topological polar surface area (TPSA) is 57.0 Å². The van der Waals surface area contributed by atoms with E-state index in [0.717, 1.165) is 30.8 Å². The van der Waals surface area contributed by atoms with E-state index in [2.05, 4.69) is 11.1 Å². The highest BCUT2D eigenvalue weighted by atomic mass is 16.2. The second-order valence-corrected chi connectivity index (χ2v) is 7.31. The van der Waals surface area contributed by atoms with Crippen molar-refractivity contribution in [3.05, 3.63) is 53.7 Å². The van der Waals surface area contributed by atoms with E-state index in [1.54, 1.807) is 18.3 Å². The highest BCUT2D eigenvalue weighted by molar-refractivity contribution is 5.95. The first-order chi connectivity index (χ1) is 12.2. The third-order valence-corrected chi connectivity index (χ3v) is 5.68. The molecule has 126 valence electrons. The average molecular weight is 331 g/mol. The minimum absolute atomic E-state index is 0.113. The Bertz CT molecular complexity index is 846. The number of carbonyl (C=O) groups is 1. The first-order valence-corrected chi connectivity index (χ1v) is 8.95. The number of nitriles is 1. The molecule has 4 rings (SSSR count). The van der Waals surface area contributed by atoms with Gasteiger partial charge in [0.2, 0.25) is 0 Å². The largest absolute Gasteiger partial charge is 0.338 e. The number of amides is 1. The summed E-state index contributed by atoms with van der Waals surface area (Å²) >= 11 is 0. The van der Waals surface area contributed by atoms with E-state index in [4.69, 9.17) is 5.26 Å². The second kappa shape index (κ2) is 6.33. The van der Waals surface area contributed by atoms with Crippen LogP contribution in [0.5, 0.6) is 0 Å². The fourth-order valence-corrected chi connectivity index (χ4v) is 4.29. The van der Waals surface area contributed by atoms with E-state index in [1.807, 2.05) is 29.2 Å². The molecular weight excluding hydrogens is 310 g/mol. The number of aromatic nitrogens is 1. The molecule has 1 spiro atoms. The standard InChI is InChI=1S/C21H21N3O/c22-14-16-6-10-23-19(12-16)17-4-3-5-18(13-17)20(25)24-11-9-21(15-24)7-1-2-8-21/h3-6,10,12-13H,1-2,7-9,11,15H2. The van der Waals surface area contributed by atoms with Gasteiger partial charge in [-0.25, -0.2) is 0 Å². The van der Waals surface area contributed by atoms with Crippen LogP contribution in [-0.2, 0) is 0 Å². The maximum absolute atomic E-state index is 12.9. The summed E-state index contributed by atoms with van der Waals surface area (Å²) in [6.07, 6.45) is 7.91. The number of carbonyl (C=O) groups excluding carboxylic acids is 1. The molecule has 2 aliphatic rings. The van der Waals surface area contributed by atoms with Gasteiger partial charge in [0.05, 0.1) is 17.3 Å². The third-order valence-electron chi connectivity index (χ3n) is 5.68. The van der Waals surface area contributed by atoms with Crippen LogP contribution in [0, 0.1) is 16.7 Å². The van der Waals surface area contributed by atoms with E-state index in [0.29, 0.717) is 16.5 Å². The van der Waals surface area contributed by atoms with Crippen LogP contribution in [0.3, 0.4) is 0 Å². The number of benzene rings is 1. The molecule has 1 aliphatic heterocycles. The number of rotatable bonds is 2. The smallest absolute Gasteiger partial charge is 0.253 e. The van der Waals surface area contributed by atoms with E-state index in [9.17, 15) is 4.79 Å². The van der Waals surface area contributed by atoms with Crippen LogP contribution in [-0.4, -0.2) is 28.9 Å². The van der Waals surface area contributed by atoms with Gasteiger partial charge in [0.15, 0.2) is 0 Å². The Morgan fingerprint density at radius 1 is 1.16 bits per heavy atom. The predicted molar refractivity (Wildman–Crippen MR) is 95.8 cm³/mol. The minimum atomic E-state index is 0.113. The maximum atomic E-state index is 12.9. The fraction of sp³-hybridized carbons (Fsp3) is 0.381. The van der Waals surface area contributed by atoms with Crippen molar-refractivity contribution in [1.29, 1.82) is 5.26 Å². The average Bonchev–Trinajstić information content (AvgIpc) is 3.31. The summed E-state index contributed by atoms with van der Waals surface area (Å²) in [4.78, 5) is 19.3. The molecule has 1 aliphatic carbocycles. The molecule has 1 saturated carbocycles. The molecule has 1 aromatic heterocycles. The van der Waals surface area contributed by atoms with Crippen LogP contribution in [0.4, 0.5) is 0 Å². The molecule has 0 radical (unpaired) electrons. The molecule has 1 saturated heterocycles. The SMILES string of the molecule is N#Cc1ccnc(-c2cccc(C(=O)N3CCC4(CCCC4)C3)c2)c1. The predicted octanol–water partition coefficient (Wildman–Crippen LogP) is 4.03. The van der Waals surface area contributed by atoms with Gasteiger partial charge in [0.1, 0.15) is 0 Å². The lowest BCUT2D eigenvalue weighted by atomic mass is 9.86. The molecule has 0 unspecified atom stereocenters. The van der Waals surface area contributed by atoms with Crippen LogP contribution >= 0.6 is 0 Å². The van der Waals surface area contributed by atoms with Gasteiger partial charge in [-0.3, -0.25) is 9.78 Å². The lowest BCUT2D eigenvalue weighted by Crippen LogP contribution is -2.31.